The summed E-state index contributed by atoms with van der Waals surface area (Å²) in [6.45, 7) is 1.86. The van der Waals surface area contributed by atoms with Gasteiger partial charge in [0.15, 0.2) is 0 Å². The maximum absolute atomic E-state index is 13.2. The number of anilines is 1. The Morgan fingerprint density at radius 1 is 1.14 bits per heavy atom. The number of rotatable bonds is 6. The number of fused-ring (bicyclic) bond motifs is 1. The number of carbonyl (C=O) groups excluding carboxylic acids is 1. The van der Waals surface area contributed by atoms with E-state index in [1.165, 1.54) is 24.7 Å². The van der Waals surface area contributed by atoms with Crippen LogP contribution >= 0.6 is 0 Å². The topological polar surface area (TPSA) is 55.1 Å². The lowest BCUT2D eigenvalue weighted by Gasteiger charge is -2.12. The van der Waals surface area contributed by atoms with Crippen molar-refractivity contribution >= 4 is 22.5 Å². The molecule has 148 valence electrons. The van der Waals surface area contributed by atoms with Crippen LogP contribution in [0, 0.1) is 5.82 Å². The summed E-state index contributed by atoms with van der Waals surface area (Å²) >= 11 is 0. The SMILES string of the molecule is CN(C)CCn1ccc2cc(NC(=O)c3cncn3-c3ccc(F)cc3)ccc21. The molecule has 0 aliphatic rings. The molecule has 1 amide bonds. The van der Waals surface area contributed by atoms with Crippen LogP contribution in [0.25, 0.3) is 16.6 Å². The van der Waals surface area contributed by atoms with E-state index in [-0.39, 0.29) is 11.7 Å². The highest BCUT2D eigenvalue weighted by Crippen LogP contribution is 2.22. The molecule has 2 aromatic carbocycles. The number of benzene rings is 2. The van der Waals surface area contributed by atoms with Crippen molar-refractivity contribution in [3.8, 4) is 5.69 Å². The molecule has 0 atom stereocenters. The molecule has 1 N–H and O–H groups in total. The molecule has 4 rings (SSSR count). The molecular weight excluding hydrogens is 369 g/mol. The Balaban J connectivity index is 1.54. The Bertz CT molecular complexity index is 1140. The molecule has 7 heteroatoms. The number of nitrogens with one attached hydrogen (secondary N) is 1. The van der Waals surface area contributed by atoms with Gasteiger partial charge in [0.25, 0.3) is 5.91 Å². The van der Waals surface area contributed by atoms with E-state index < -0.39 is 0 Å². The van der Waals surface area contributed by atoms with Gasteiger partial charge in [-0.15, -0.1) is 0 Å². The number of imidazole rings is 1. The third-order valence-corrected chi connectivity index (χ3v) is 4.79. The van der Waals surface area contributed by atoms with Gasteiger partial charge in [-0.2, -0.15) is 0 Å². The van der Waals surface area contributed by atoms with E-state index in [0.717, 1.165) is 24.0 Å². The molecule has 0 fully saturated rings. The van der Waals surface area contributed by atoms with Gasteiger partial charge in [0.2, 0.25) is 0 Å². The average Bonchev–Trinajstić information content (AvgIpc) is 3.34. The quantitative estimate of drug-likeness (QED) is 0.544. The molecule has 0 saturated carbocycles. The van der Waals surface area contributed by atoms with Crippen molar-refractivity contribution in [1.29, 1.82) is 0 Å². The third-order valence-electron chi connectivity index (χ3n) is 4.79. The molecule has 6 nitrogen and oxygen atoms in total. The zero-order valence-corrected chi connectivity index (χ0v) is 16.3. The first-order valence-electron chi connectivity index (χ1n) is 9.34. The Hall–Kier alpha value is -3.45. The van der Waals surface area contributed by atoms with Gasteiger partial charge in [-0.05, 0) is 62.6 Å². The van der Waals surface area contributed by atoms with E-state index in [4.69, 9.17) is 0 Å². The van der Waals surface area contributed by atoms with E-state index in [1.807, 2.05) is 24.3 Å². The minimum absolute atomic E-state index is 0.279. The Labute approximate surface area is 168 Å². The Kier molecular flexibility index (Phi) is 5.14. The molecule has 0 aliphatic heterocycles. The normalized spacial score (nSPS) is 11.3. The Morgan fingerprint density at radius 3 is 2.69 bits per heavy atom. The molecule has 0 radical (unpaired) electrons. The van der Waals surface area contributed by atoms with Crippen LogP contribution in [0.15, 0.2) is 67.3 Å². The van der Waals surface area contributed by atoms with Crippen LogP contribution in [0.5, 0.6) is 0 Å². The molecular formula is C22H22FN5O. The van der Waals surface area contributed by atoms with Crippen LogP contribution in [-0.4, -0.2) is 45.6 Å². The lowest BCUT2D eigenvalue weighted by Crippen LogP contribution is -2.18. The molecule has 0 bridgehead atoms. The highest BCUT2D eigenvalue weighted by atomic mass is 19.1. The van der Waals surface area contributed by atoms with Crippen molar-refractivity contribution in [3.05, 3.63) is 78.8 Å². The van der Waals surface area contributed by atoms with Crippen molar-refractivity contribution in [2.24, 2.45) is 0 Å². The molecule has 2 heterocycles. The predicted octanol–water partition coefficient (Wildman–Crippen LogP) is 3.78. The van der Waals surface area contributed by atoms with Gasteiger partial charge in [0.05, 0.1) is 12.5 Å². The van der Waals surface area contributed by atoms with Crippen molar-refractivity contribution in [1.82, 2.24) is 19.0 Å². The zero-order valence-electron chi connectivity index (χ0n) is 16.3. The lowest BCUT2D eigenvalue weighted by molar-refractivity contribution is 0.102. The second kappa shape index (κ2) is 7.89. The minimum atomic E-state index is -0.328. The van der Waals surface area contributed by atoms with Crippen LogP contribution in [0.1, 0.15) is 10.5 Å². The molecule has 0 spiro atoms. The number of likely N-dealkylation sites (N-methyl/N-ethyl adjacent to an activating group) is 1. The van der Waals surface area contributed by atoms with E-state index in [1.54, 1.807) is 16.7 Å². The fourth-order valence-corrected chi connectivity index (χ4v) is 3.25. The van der Waals surface area contributed by atoms with Gasteiger partial charge in [0, 0.05) is 41.6 Å². The monoisotopic (exact) mass is 391 g/mol. The van der Waals surface area contributed by atoms with Crippen molar-refractivity contribution in [3.63, 3.8) is 0 Å². The molecule has 2 aromatic heterocycles. The number of halogens is 1. The largest absolute Gasteiger partial charge is 0.346 e. The number of hydrogen-bond acceptors (Lipinski definition) is 3. The number of aromatic nitrogens is 3. The summed E-state index contributed by atoms with van der Waals surface area (Å²) in [5.74, 6) is -0.607. The molecule has 0 aliphatic carbocycles. The first-order valence-corrected chi connectivity index (χ1v) is 9.34. The average molecular weight is 391 g/mol. The molecule has 0 saturated heterocycles. The van der Waals surface area contributed by atoms with Crippen molar-refractivity contribution in [2.75, 3.05) is 26.0 Å². The van der Waals surface area contributed by atoms with Crippen molar-refractivity contribution in [2.45, 2.75) is 6.54 Å². The zero-order chi connectivity index (χ0) is 20.4. The smallest absolute Gasteiger partial charge is 0.274 e. The van der Waals surface area contributed by atoms with E-state index in [9.17, 15) is 9.18 Å². The van der Waals surface area contributed by atoms with Gasteiger partial charge in [-0.1, -0.05) is 0 Å². The predicted molar refractivity (Wildman–Crippen MR) is 112 cm³/mol. The molecule has 4 aromatic rings. The van der Waals surface area contributed by atoms with Crippen LogP contribution < -0.4 is 5.32 Å². The van der Waals surface area contributed by atoms with Crippen LogP contribution in [0.2, 0.25) is 0 Å². The summed E-state index contributed by atoms with van der Waals surface area (Å²) in [6.07, 6.45) is 5.09. The first-order chi connectivity index (χ1) is 14.0. The molecule has 29 heavy (non-hydrogen) atoms. The highest BCUT2D eigenvalue weighted by Gasteiger charge is 2.14. The van der Waals surface area contributed by atoms with Crippen molar-refractivity contribution < 1.29 is 9.18 Å². The summed E-state index contributed by atoms with van der Waals surface area (Å²) in [7, 11) is 4.10. The van der Waals surface area contributed by atoms with Gasteiger partial charge < -0.3 is 14.8 Å². The number of amides is 1. The minimum Gasteiger partial charge on any atom is -0.346 e. The van der Waals surface area contributed by atoms with Crippen LogP contribution in [0.4, 0.5) is 10.1 Å². The first kappa shape index (κ1) is 18.9. The van der Waals surface area contributed by atoms with Crippen LogP contribution in [-0.2, 0) is 6.54 Å². The highest BCUT2D eigenvalue weighted by molar-refractivity contribution is 6.04. The second-order valence-corrected chi connectivity index (χ2v) is 7.17. The number of nitrogens with zero attached hydrogens (tertiary/aromatic N) is 4. The summed E-state index contributed by atoms with van der Waals surface area (Å²) in [4.78, 5) is 19.0. The summed E-state index contributed by atoms with van der Waals surface area (Å²) < 4.78 is 17.0. The van der Waals surface area contributed by atoms with Gasteiger partial charge in [-0.3, -0.25) is 9.36 Å². The number of carbonyl (C=O) groups is 1. The maximum atomic E-state index is 13.2. The summed E-state index contributed by atoms with van der Waals surface area (Å²) in [6, 6.07) is 13.8. The van der Waals surface area contributed by atoms with Crippen LogP contribution in [0.3, 0.4) is 0 Å². The summed E-state index contributed by atoms with van der Waals surface area (Å²) in [5.41, 5.74) is 2.88. The third kappa shape index (κ3) is 4.05. The summed E-state index contributed by atoms with van der Waals surface area (Å²) in [5, 5.41) is 3.99. The van der Waals surface area contributed by atoms with E-state index >= 15 is 0 Å². The fraction of sp³-hybridized carbons (Fsp3) is 0.182. The van der Waals surface area contributed by atoms with E-state index in [2.05, 4.69) is 40.1 Å². The van der Waals surface area contributed by atoms with Gasteiger partial charge in [0.1, 0.15) is 11.5 Å². The fourth-order valence-electron chi connectivity index (χ4n) is 3.25. The Morgan fingerprint density at radius 2 is 1.93 bits per heavy atom. The van der Waals surface area contributed by atoms with Gasteiger partial charge in [-0.25, -0.2) is 9.37 Å². The maximum Gasteiger partial charge on any atom is 0.274 e. The molecule has 0 unspecified atom stereocenters. The van der Waals surface area contributed by atoms with Gasteiger partial charge >= 0.3 is 0 Å². The number of hydrogen-bond donors (Lipinski definition) is 1. The van der Waals surface area contributed by atoms with E-state index in [0.29, 0.717) is 17.1 Å². The second-order valence-electron chi connectivity index (χ2n) is 7.17. The lowest BCUT2D eigenvalue weighted by atomic mass is 10.2. The standard InChI is InChI=1S/C22H22FN5O/c1-26(2)11-12-27-10-9-16-13-18(5-8-20(16)27)25-22(29)21-14-24-15-28(21)19-6-3-17(23)4-7-19/h3-10,13-15H,11-12H2,1-2H3,(H,25,29).